The van der Waals surface area contributed by atoms with E-state index < -0.39 is 8.07 Å². The minimum Gasteiger partial charge on any atom is -0.0993 e. The van der Waals surface area contributed by atoms with E-state index >= 15 is 0 Å². The van der Waals surface area contributed by atoms with E-state index in [-0.39, 0.29) is 0 Å². The standard InChI is InChI=1S/C23H40Si/c1-5-24(3,4)17-14-22-20-12-8-6-10-18(20)16(2)19-11-7-9-13-21(19)23(22)15-17/h17-23H,2,5-15H2,1,3-4H3. The van der Waals surface area contributed by atoms with Gasteiger partial charge in [0.2, 0.25) is 0 Å². The monoisotopic (exact) mass is 344 g/mol. The molecule has 6 atom stereocenters. The summed E-state index contributed by atoms with van der Waals surface area (Å²) in [5.74, 6) is 6.00. The molecule has 0 spiro atoms. The van der Waals surface area contributed by atoms with Crippen molar-refractivity contribution in [1.82, 2.24) is 0 Å². The summed E-state index contributed by atoms with van der Waals surface area (Å²) in [6, 6.07) is 1.49. The first kappa shape index (κ1) is 17.4. The van der Waals surface area contributed by atoms with Crippen molar-refractivity contribution < 1.29 is 0 Å². The average molecular weight is 345 g/mol. The largest absolute Gasteiger partial charge is 0.0993 e. The predicted molar refractivity (Wildman–Crippen MR) is 108 cm³/mol. The van der Waals surface area contributed by atoms with Crippen LogP contribution in [0.5, 0.6) is 0 Å². The zero-order chi connectivity index (χ0) is 16.9. The van der Waals surface area contributed by atoms with Gasteiger partial charge in [0.05, 0.1) is 8.07 Å². The molecule has 4 saturated carbocycles. The summed E-state index contributed by atoms with van der Waals surface area (Å²) < 4.78 is 0. The molecular formula is C23H40Si. The first-order valence-electron chi connectivity index (χ1n) is 11.2. The van der Waals surface area contributed by atoms with Crippen molar-refractivity contribution in [2.75, 3.05) is 0 Å². The van der Waals surface area contributed by atoms with Crippen LogP contribution in [-0.4, -0.2) is 8.07 Å². The summed E-state index contributed by atoms with van der Waals surface area (Å²) in [6.45, 7) is 12.6. The third-order valence-electron chi connectivity index (χ3n) is 9.37. The van der Waals surface area contributed by atoms with Crippen LogP contribution in [0.2, 0.25) is 24.7 Å². The highest BCUT2D eigenvalue weighted by Crippen LogP contribution is 2.62. The van der Waals surface area contributed by atoms with Crippen LogP contribution in [-0.2, 0) is 0 Å². The maximum atomic E-state index is 4.76. The second kappa shape index (κ2) is 6.60. The molecule has 0 radical (unpaired) electrons. The Kier molecular flexibility index (Phi) is 4.78. The molecule has 4 aliphatic rings. The normalized spacial score (nSPS) is 46.0. The highest BCUT2D eigenvalue weighted by molar-refractivity contribution is 6.78. The maximum absolute atomic E-state index is 4.76. The summed E-state index contributed by atoms with van der Waals surface area (Å²) in [6.07, 6.45) is 15.2. The van der Waals surface area contributed by atoms with E-state index in [0.717, 1.165) is 41.0 Å². The highest BCUT2D eigenvalue weighted by atomic mass is 28.3. The molecule has 0 amide bonds. The van der Waals surface area contributed by atoms with E-state index in [1.165, 1.54) is 57.4 Å². The third kappa shape index (κ3) is 2.77. The number of rotatable bonds is 2. The summed E-state index contributed by atoms with van der Waals surface area (Å²) in [4.78, 5) is 0. The lowest BCUT2D eigenvalue weighted by Gasteiger charge is -2.38. The van der Waals surface area contributed by atoms with Crippen LogP contribution >= 0.6 is 0 Å². The molecule has 0 heterocycles. The van der Waals surface area contributed by atoms with Crippen molar-refractivity contribution in [1.29, 1.82) is 0 Å². The van der Waals surface area contributed by atoms with Crippen molar-refractivity contribution >= 4 is 8.07 Å². The first-order valence-corrected chi connectivity index (χ1v) is 14.5. The quantitative estimate of drug-likeness (QED) is 0.364. The molecule has 0 nitrogen and oxygen atoms in total. The fourth-order valence-corrected chi connectivity index (χ4v) is 9.95. The third-order valence-corrected chi connectivity index (χ3v) is 13.9. The number of hydrogen-bond acceptors (Lipinski definition) is 0. The van der Waals surface area contributed by atoms with Gasteiger partial charge >= 0.3 is 0 Å². The van der Waals surface area contributed by atoms with Crippen molar-refractivity contribution in [2.45, 2.75) is 95.8 Å². The van der Waals surface area contributed by atoms with Crippen LogP contribution in [0.4, 0.5) is 0 Å². The number of fused-ring (bicyclic) bond motifs is 5. The molecule has 0 bridgehead atoms. The van der Waals surface area contributed by atoms with Gasteiger partial charge in [-0.25, -0.2) is 0 Å². The Hall–Kier alpha value is -0.0431. The molecular weight excluding hydrogens is 304 g/mol. The van der Waals surface area contributed by atoms with Crippen LogP contribution in [0.25, 0.3) is 0 Å². The van der Waals surface area contributed by atoms with Gasteiger partial charge in [-0.15, -0.1) is 0 Å². The van der Waals surface area contributed by atoms with Crippen LogP contribution in [0.15, 0.2) is 12.2 Å². The first-order chi connectivity index (χ1) is 11.5. The van der Waals surface area contributed by atoms with Gasteiger partial charge in [0.25, 0.3) is 0 Å². The maximum Gasteiger partial charge on any atom is 0.0502 e. The second-order valence-corrected chi connectivity index (χ2v) is 16.0. The Morgan fingerprint density at radius 3 is 1.71 bits per heavy atom. The second-order valence-electron chi connectivity index (χ2n) is 10.5. The molecule has 24 heavy (non-hydrogen) atoms. The molecule has 0 aromatic rings. The lowest BCUT2D eigenvalue weighted by molar-refractivity contribution is 0.126. The molecule has 136 valence electrons. The predicted octanol–water partition coefficient (Wildman–Crippen LogP) is 7.29. The fourth-order valence-electron chi connectivity index (χ4n) is 7.55. The van der Waals surface area contributed by atoms with E-state index in [2.05, 4.69) is 20.0 Å². The SMILES string of the molecule is C=C1C2CCCCC2C2CC([Si](C)(C)CC)CC2C2CCCCC12. The molecule has 4 rings (SSSR count). The fraction of sp³-hybridized carbons (Fsp3) is 0.913. The van der Waals surface area contributed by atoms with Crippen LogP contribution in [0.1, 0.15) is 71.1 Å². The van der Waals surface area contributed by atoms with E-state index in [4.69, 9.17) is 6.58 Å². The van der Waals surface area contributed by atoms with Gasteiger partial charge in [0.15, 0.2) is 0 Å². The van der Waals surface area contributed by atoms with E-state index in [1.54, 1.807) is 18.4 Å². The minimum atomic E-state index is -1.00. The smallest absolute Gasteiger partial charge is 0.0502 e. The lowest BCUT2D eigenvalue weighted by atomic mass is 9.68. The summed E-state index contributed by atoms with van der Waals surface area (Å²) in [5.41, 5.74) is 2.86. The molecule has 0 saturated heterocycles. The summed E-state index contributed by atoms with van der Waals surface area (Å²) in [7, 11) is -1.00. The van der Waals surface area contributed by atoms with Crippen LogP contribution in [0.3, 0.4) is 0 Å². The average Bonchev–Trinajstić information content (AvgIpc) is 3.03. The van der Waals surface area contributed by atoms with Crippen molar-refractivity contribution in [3.8, 4) is 0 Å². The Morgan fingerprint density at radius 1 is 0.792 bits per heavy atom. The topological polar surface area (TPSA) is 0 Å². The van der Waals surface area contributed by atoms with E-state index in [9.17, 15) is 0 Å². The van der Waals surface area contributed by atoms with Crippen LogP contribution < -0.4 is 0 Å². The van der Waals surface area contributed by atoms with Crippen molar-refractivity contribution in [3.05, 3.63) is 12.2 Å². The van der Waals surface area contributed by atoms with Crippen LogP contribution in [0, 0.1) is 35.5 Å². The summed E-state index contributed by atoms with van der Waals surface area (Å²) in [5, 5.41) is 0. The van der Waals surface area contributed by atoms with Gasteiger partial charge in [-0.05, 0) is 79.6 Å². The summed E-state index contributed by atoms with van der Waals surface area (Å²) >= 11 is 0. The zero-order valence-electron chi connectivity index (χ0n) is 16.5. The number of hydrogen-bond donors (Lipinski definition) is 0. The Bertz CT molecular complexity index is 444. The molecule has 6 unspecified atom stereocenters. The van der Waals surface area contributed by atoms with Gasteiger partial charge in [-0.3, -0.25) is 0 Å². The Labute approximate surface area is 151 Å². The van der Waals surface area contributed by atoms with Crippen molar-refractivity contribution in [2.24, 2.45) is 35.5 Å². The molecule has 0 aromatic heterocycles. The van der Waals surface area contributed by atoms with Crippen molar-refractivity contribution in [3.63, 3.8) is 0 Å². The lowest BCUT2D eigenvalue weighted by Crippen LogP contribution is -2.32. The Morgan fingerprint density at radius 2 is 1.25 bits per heavy atom. The van der Waals surface area contributed by atoms with Gasteiger partial charge in [-0.2, -0.15) is 0 Å². The van der Waals surface area contributed by atoms with Gasteiger partial charge in [0.1, 0.15) is 0 Å². The van der Waals surface area contributed by atoms with Gasteiger partial charge < -0.3 is 0 Å². The van der Waals surface area contributed by atoms with E-state index in [1.807, 2.05) is 0 Å². The molecule has 1 heteroatoms. The Balaban J connectivity index is 1.67. The molecule has 4 fully saturated rings. The minimum absolute atomic E-state index is 0.907. The zero-order valence-corrected chi connectivity index (χ0v) is 17.5. The van der Waals surface area contributed by atoms with Gasteiger partial charge in [0, 0.05) is 0 Å². The molecule has 0 aliphatic heterocycles. The highest BCUT2D eigenvalue weighted by Gasteiger charge is 2.53. The molecule has 0 aromatic carbocycles. The molecule has 4 aliphatic carbocycles. The number of allylic oxidation sites excluding steroid dienone is 1. The molecule has 0 N–H and O–H groups in total. The van der Waals surface area contributed by atoms with Gasteiger partial charge in [-0.1, -0.05) is 63.9 Å². The van der Waals surface area contributed by atoms with E-state index in [0.29, 0.717) is 0 Å².